The number of aryl methyl sites for hydroxylation is 2. The second-order valence-electron chi connectivity index (χ2n) is 8.43. The largest absolute Gasteiger partial charge is 0.507 e. The van der Waals surface area contributed by atoms with Crippen LogP contribution in [0.1, 0.15) is 35.2 Å². The van der Waals surface area contributed by atoms with Gasteiger partial charge in [0, 0.05) is 11.1 Å². The Morgan fingerprint density at radius 1 is 1.09 bits per heavy atom. The molecule has 1 N–H and O–H groups in total. The Bertz CT molecular complexity index is 1490. The maximum absolute atomic E-state index is 13.4. The predicted molar refractivity (Wildman–Crippen MR) is 138 cm³/mol. The Balaban J connectivity index is 1.74. The first-order valence-corrected chi connectivity index (χ1v) is 12.1. The first-order valence-electron chi connectivity index (χ1n) is 11.3. The fourth-order valence-electron chi connectivity index (χ4n) is 4.36. The van der Waals surface area contributed by atoms with Gasteiger partial charge in [0.05, 0.1) is 22.9 Å². The van der Waals surface area contributed by atoms with E-state index in [-0.39, 0.29) is 11.3 Å². The fourth-order valence-corrected chi connectivity index (χ4v) is 5.42. The highest BCUT2D eigenvalue weighted by Crippen LogP contribution is 2.46. The van der Waals surface area contributed by atoms with E-state index in [0.717, 1.165) is 27.8 Å². The van der Waals surface area contributed by atoms with Crippen LogP contribution < -0.4 is 9.64 Å². The summed E-state index contributed by atoms with van der Waals surface area (Å²) < 4.78 is 6.51. The van der Waals surface area contributed by atoms with E-state index in [1.54, 1.807) is 24.3 Å². The number of para-hydroxylation sites is 1. The topological polar surface area (TPSA) is 79.7 Å². The summed E-state index contributed by atoms with van der Waals surface area (Å²) in [6.07, 6.45) is 0.880. The third-order valence-electron chi connectivity index (χ3n) is 6.26. The zero-order valence-corrected chi connectivity index (χ0v) is 20.4. The number of rotatable bonds is 5. The van der Waals surface area contributed by atoms with Crippen molar-refractivity contribution in [1.82, 2.24) is 4.98 Å². The monoisotopic (exact) mass is 484 g/mol. The van der Waals surface area contributed by atoms with Gasteiger partial charge >= 0.3 is 5.91 Å². The van der Waals surface area contributed by atoms with Gasteiger partial charge in [0.1, 0.15) is 17.6 Å². The van der Waals surface area contributed by atoms with Crippen LogP contribution in [0.4, 0.5) is 5.13 Å². The van der Waals surface area contributed by atoms with E-state index in [0.29, 0.717) is 22.0 Å². The number of thiazole rings is 1. The molecule has 6 nitrogen and oxygen atoms in total. The first kappa shape index (κ1) is 22.8. The average molecular weight is 485 g/mol. The van der Waals surface area contributed by atoms with Crippen LogP contribution in [-0.2, 0) is 16.0 Å². The molecule has 1 saturated heterocycles. The molecule has 1 unspecified atom stereocenters. The molecule has 7 heteroatoms. The molecule has 4 aromatic rings. The zero-order valence-electron chi connectivity index (χ0n) is 19.6. The minimum Gasteiger partial charge on any atom is -0.507 e. The highest BCUT2D eigenvalue weighted by atomic mass is 32.1. The summed E-state index contributed by atoms with van der Waals surface area (Å²) in [4.78, 5) is 32.9. The quantitative estimate of drug-likeness (QED) is 0.220. The molecule has 1 fully saturated rings. The minimum atomic E-state index is -0.890. The van der Waals surface area contributed by atoms with Crippen LogP contribution in [0.15, 0.2) is 72.3 Å². The molecule has 5 rings (SSSR count). The van der Waals surface area contributed by atoms with Crippen LogP contribution >= 0.6 is 11.3 Å². The number of carbonyl (C=O) groups excluding carboxylic acids is 2. The number of Topliss-reactive ketones (excluding diaryl/α,β-unsaturated/α-hetero) is 1. The predicted octanol–water partition coefficient (Wildman–Crippen LogP) is 5.80. The lowest BCUT2D eigenvalue weighted by atomic mass is 9.94. The Morgan fingerprint density at radius 2 is 1.83 bits per heavy atom. The van der Waals surface area contributed by atoms with Crippen molar-refractivity contribution in [2.75, 3.05) is 12.0 Å². The second-order valence-corrected chi connectivity index (χ2v) is 9.44. The number of fused-ring (bicyclic) bond motifs is 1. The minimum absolute atomic E-state index is 0.0110. The van der Waals surface area contributed by atoms with Crippen LogP contribution in [-0.4, -0.2) is 28.9 Å². The maximum Gasteiger partial charge on any atom is 0.301 e. The van der Waals surface area contributed by atoms with Gasteiger partial charge in [0.25, 0.3) is 5.78 Å². The van der Waals surface area contributed by atoms with Gasteiger partial charge in [-0.15, -0.1) is 0 Å². The average Bonchev–Trinajstić information content (AvgIpc) is 3.41. The van der Waals surface area contributed by atoms with E-state index in [4.69, 9.17) is 9.72 Å². The molecule has 176 valence electrons. The highest BCUT2D eigenvalue weighted by molar-refractivity contribution is 7.22. The van der Waals surface area contributed by atoms with Gasteiger partial charge in [-0.1, -0.05) is 72.4 Å². The van der Waals surface area contributed by atoms with Crippen LogP contribution in [0.2, 0.25) is 0 Å². The third kappa shape index (κ3) is 3.88. The third-order valence-corrected chi connectivity index (χ3v) is 7.28. The first-order chi connectivity index (χ1) is 16.9. The summed E-state index contributed by atoms with van der Waals surface area (Å²) in [6, 6.07) is 19.5. The molecule has 0 saturated carbocycles. The lowest BCUT2D eigenvalue weighted by Gasteiger charge is -2.24. The molecule has 1 amide bonds. The van der Waals surface area contributed by atoms with Crippen LogP contribution in [0, 0.1) is 6.92 Å². The number of anilines is 1. The summed E-state index contributed by atoms with van der Waals surface area (Å²) in [6.45, 7) is 4.02. The molecule has 1 aliphatic rings. The van der Waals surface area contributed by atoms with Crippen molar-refractivity contribution in [2.45, 2.75) is 26.3 Å². The van der Waals surface area contributed by atoms with Gasteiger partial charge < -0.3 is 9.84 Å². The van der Waals surface area contributed by atoms with Gasteiger partial charge in [-0.3, -0.25) is 14.5 Å². The number of benzene rings is 3. The van der Waals surface area contributed by atoms with E-state index in [1.165, 1.54) is 23.3 Å². The number of amides is 1. The summed E-state index contributed by atoms with van der Waals surface area (Å²) in [7, 11) is 1.54. The number of aromatic nitrogens is 1. The molecular formula is C28H24N2O4S. The number of hydrogen-bond acceptors (Lipinski definition) is 6. The molecule has 35 heavy (non-hydrogen) atoms. The summed E-state index contributed by atoms with van der Waals surface area (Å²) in [5.41, 5.74) is 4.00. The SMILES string of the molecule is CCc1ccc2nc(N3C(=O)C(=O)C(=C(O)c4ccc(C)cc4)C3c3ccccc3OC)sc2c1. The molecule has 0 spiro atoms. The zero-order chi connectivity index (χ0) is 24.7. The van der Waals surface area contributed by atoms with E-state index in [2.05, 4.69) is 13.0 Å². The van der Waals surface area contributed by atoms with Crippen molar-refractivity contribution < 1.29 is 19.4 Å². The molecule has 0 radical (unpaired) electrons. The summed E-state index contributed by atoms with van der Waals surface area (Å²) in [5.74, 6) is -1.21. The number of hydrogen-bond donors (Lipinski definition) is 1. The number of methoxy groups -OCH3 is 1. The normalized spacial score (nSPS) is 17.3. The molecule has 1 atom stereocenters. The van der Waals surface area contributed by atoms with E-state index >= 15 is 0 Å². The smallest absolute Gasteiger partial charge is 0.301 e. The Hall–Kier alpha value is -3.97. The summed E-state index contributed by atoms with van der Waals surface area (Å²) in [5, 5.41) is 11.7. The van der Waals surface area contributed by atoms with E-state index in [9.17, 15) is 14.7 Å². The molecular weight excluding hydrogens is 460 g/mol. The molecule has 0 aliphatic carbocycles. The molecule has 1 aliphatic heterocycles. The maximum atomic E-state index is 13.4. The molecule has 1 aromatic heterocycles. The summed E-state index contributed by atoms with van der Waals surface area (Å²) >= 11 is 1.35. The lowest BCUT2D eigenvalue weighted by molar-refractivity contribution is -0.132. The van der Waals surface area contributed by atoms with Crippen LogP contribution in [0.3, 0.4) is 0 Å². The van der Waals surface area contributed by atoms with Gasteiger partial charge in [0.2, 0.25) is 0 Å². The number of ketones is 1. The number of aliphatic hydroxyl groups is 1. The Morgan fingerprint density at radius 3 is 2.54 bits per heavy atom. The number of ether oxygens (including phenoxy) is 1. The molecule has 2 heterocycles. The van der Waals surface area contributed by atoms with Crippen molar-refractivity contribution >= 4 is 44.1 Å². The van der Waals surface area contributed by atoms with Crippen molar-refractivity contribution in [3.63, 3.8) is 0 Å². The van der Waals surface area contributed by atoms with Gasteiger partial charge in [-0.25, -0.2) is 4.98 Å². The van der Waals surface area contributed by atoms with Gasteiger partial charge in [-0.2, -0.15) is 0 Å². The van der Waals surface area contributed by atoms with Crippen LogP contribution in [0.25, 0.3) is 16.0 Å². The number of nitrogens with zero attached hydrogens (tertiary/aromatic N) is 2. The van der Waals surface area contributed by atoms with Crippen LogP contribution in [0.5, 0.6) is 5.75 Å². The number of carbonyl (C=O) groups is 2. The molecule has 0 bridgehead atoms. The Kier molecular flexibility index (Phi) is 5.86. The Labute approximate surface area is 207 Å². The number of aliphatic hydroxyl groups excluding tert-OH is 1. The van der Waals surface area contributed by atoms with Crippen molar-refractivity contribution in [2.24, 2.45) is 0 Å². The van der Waals surface area contributed by atoms with E-state index < -0.39 is 17.7 Å². The lowest BCUT2D eigenvalue weighted by Crippen LogP contribution is -2.29. The van der Waals surface area contributed by atoms with Gasteiger partial charge in [-0.05, 0) is 37.1 Å². The van der Waals surface area contributed by atoms with Gasteiger partial charge in [0.15, 0.2) is 5.13 Å². The van der Waals surface area contributed by atoms with Crippen molar-refractivity contribution in [3.8, 4) is 5.75 Å². The highest BCUT2D eigenvalue weighted by Gasteiger charge is 2.49. The van der Waals surface area contributed by atoms with Crippen molar-refractivity contribution in [1.29, 1.82) is 0 Å². The second kappa shape index (κ2) is 9.00. The van der Waals surface area contributed by atoms with Crippen molar-refractivity contribution in [3.05, 3.63) is 94.6 Å². The fraction of sp³-hybridized carbons (Fsp3) is 0.179. The van der Waals surface area contributed by atoms with E-state index in [1.807, 2.05) is 43.3 Å². The standard InChI is InChI=1S/C28H24N2O4S/c1-4-17-11-14-20-22(15-17)35-28(29-20)30-24(19-7-5-6-8-21(19)34-3)23(26(32)27(30)33)25(31)18-12-9-16(2)10-13-18/h5-15,24,31H,4H2,1-3H3. The molecule has 3 aromatic carbocycles.